The summed E-state index contributed by atoms with van der Waals surface area (Å²) in [7, 11) is 0. The van der Waals surface area contributed by atoms with Crippen molar-refractivity contribution in [1.82, 2.24) is 4.90 Å². The van der Waals surface area contributed by atoms with Crippen LogP contribution in [-0.2, 0) is 6.18 Å². The van der Waals surface area contributed by atoms with Gasteiger partial charge in [-0.05, 0) is 51.3 Å². The molecule has 1 aromatic carbocycles. The number of rotatable bonds is 1. The summed E-state index contributed by atoms with van der Waals surface area (Å²) in [5, 5.41) is 0. The molecular weight excluding hydrogens is 347 g/mol. The number of carbonyl (C=O) groups excluding carboxylic acids is 1. The van der Waals surface area contributed by atoms with Crippen molar-refractivity contribution in [2.24, 2.45) is 0 Å². The lowest BCUT2D eigenvalue weighted by Crippen LogP contribution is -2.47. The molecule has 0 N–H and O–H groups in total. The van der Waals surface area contributed by atoms with Gasteiger partial charge in [0.15, 0.2) is 0 Å². The van der Waals surface area contributed by atoms with Gasteiger partial charge in [-0.25, -0.2) is 0 Å². The van der Waals surface area contributed by atoms with Gasteiger partial charge in [-0.3, -0.25) is 4.79 Å². The van der Waals surface area contributed by atoms with Crippen LogP contribution in [0.5, 0.6) is 0 Å². The van der Waals surface area contributed by atoms with E-state index in [1.807, 2.05) is 13.8 Å². The summed E-state index contributed by atoms with van der Waals surface area (Å²) in [5.41, 5.74) is -1.15. The first-order valence-corrected chi connectivity index (χ1v) is 7.70. The molecule has 116 valence electrons. The second kappa shape index (κ2) is 5.99. The molecular formula is C15H17BrF3NO. The minimum Gasteiger partial charge on any atom is -0.333 e. The van der Waals surface area contributed by atoms with Crippen LogP contribution in [0.3, 0.4) is 0 Å². The van der Waals surface area contributed by atoms with Crippen LogP contribution < -0.4 is 0 Å². The Morgan fingerprint density at radius 2 is 1.81 bits per heavy atom. The molecule has 2 rings (SSSR count). The highest BCUT2D eigenvalue weighted by atomic mass is 79.9. The summed E-state index contributed by atoms with van der Waals surface area (Å²) in [6.45, 7) is 3.78. The Bertz CT molecular complexity index is 534. The fourth-order valence-corrected chi connectivity index (χ4v) is 3.26. The Morgan fingerprint density at radius 3 is 2.33 bits per heavy atom. The summed E-state index contributed by atoms with van der Waals surface area (Å²) in [4.78, 5) is 14.2. The summed E-state index contributed by atoms with van der Waals surface area (Å²) < 4.78 is 39.8. The van der Waals surface area contributed by atoms with Crippen LogP contribution in [0.2, 0.25) is 0 Å². The Kier molecular flexibility index (Phi) is 4.66. The number of halogens is 4. The molecule has 0 aromatic heterocycles. The van der Waals surface area contributed by atoms with E-state index < -0.39 is 17.6 Å². The Hall–Kier alpha value is -1.04. The quantitative estimate of drug-likeness (QED) is 0.696. The van der Waals surface area contributed by atoms with E-state index in [9.17, 15) is 18.0 Å². The highest BCUT2D eigenvalue weighted by Gasteiger charge is 2.38. The van der Waals surface area contributed by atoms with Crippen LogP contribution in [0.4, 0.5) is 13.2 Å². The first kappa shape index (κ1) is 16.3. The van der Waals surface area contributed by atoms with Crippen LogP contribution >= 0.6 is 15.9 Å². The van der Waals surface area contributed by atoms with Crippen LogP contribution in [0, 0.1) is 0 Å². The van der Waals surface area contributed by atoms with Gasteiger partial charge in [0.2, 0.25) is 0 Å². The van der Waals surface area contributed by atoms with E-state index in [1.54, 1.807) is 4.90 Å². The average Bonchev–Trinajstić information content (AvgIpc) is 2.37. The van der Waals surface area contributed by atoms with Gasteiger partial charge >= 0.3 is 6.18 Å². The molecule has 0 unspecified atom stereocenters. The predicted molar refractivity (Wildman–Crippen MR) is 78.1 cm³/mol. The molecule has 0 saturated carbocycles. The molecule has 1 aliphatic heterocycles. The number of carbonyl (C=O) groups is 1. The largest absolute Gasteiger partial charge is 0.417 e. The van der Waals surface area contributed by atoms with E-state index in [0.717, 1.165) is 25.3 Å². The number of alkyl halides is 3. The first-order chi connectivity index (χ1) is 9.71. The zero-order valence-electron chi connectivity index (χ0n) is 11.9. The number of hydrogen-bond donors (Lipinski definition) is 0. The van der Waals surface area contributed by atoms with Gasteiger partial charge in [-0.1, -0.05) is 15.9 Å². The third-order valence-electron chi connectivity index (χ3n) is 3.95. The molecule has 1 fully saturated rings. The van der Waals surface area contributed by atoms with Crippen molar-refractivity contribution >= 4 is 21.8 Å². The maximum Gasteiger partial charge on any atom is 0.417 e. The Morgan fingerprint density at radius 1 is 1.24 bits per heavy atom. The number of benzene rings is 1. The van der Waals surface area contributed by atoms with Crippen molar-refractivity contribution < 1.29 is 18.0 Å². The molecule has 1 aliphatic rings. The number of hydrogen-bond acceptors (Lipinski definition) is 1. The molecule has 1 saturated heterocycles. The Labute approximate surface area is 130 Å². The third-order valence-corrected chi connectivity index (χ3v) is 4.44. The van der Waals surface area contributed by atoms with Crippen LogP contribution in [0.25, 0.3) is 0 Å². The smallest absolute Gasteiger partial charge is 0.333 e. The normalized spacial score (nSPS) is 23.2. The molecule has 21 heavy (non-hydrogen) atoms. The van der Waals surface area contributed by atoms with E-state index in [-0.39, 0.29) is 17.6 Å². The van der Waals surface area contributed by atoms with Gasteiger partial charge in [0.1, 0.15) is 0 Å². The topological polar surface area (TPSA) is 20.3 Å². The number of piperidine rings is 1. The van der Waals surface area contributed by atoms with Crippen LogP contribution in [0.1, 0.15) is 49.0 Å². The highest BCUT2D eigenvalue weighted by molar-refractivity contribution is 9.10. The molecule has 1 heterocycles. The van der Waals surface area contributed by atoms with E-state index >= 15 is 0 Å². The summed E-state index contributed by atoms with van der Waals surface area (Å²) in [6, 6.07) is 3.62. The second-order valence-electron chi connectivity index (χ2n) is 5.53. The molecule has 0 bridgehead atoms. The minimum absolute atomic E-state index is 0.0361. The van der Waals surface area contributed by atoms with Gasteiger partial charge in [0, 0.05) is 16.6 Å². The highest BCUT2D eigenvalue weighted by Crippen LogP contribution is 2.35. The lowest BCUT2D eigenvalue weighted by atomic mass is 9.95. The lowest BCUT2D eigenvalue weighted by molar-refractivity contribution is -0.138. The summed E-state index contributed by atoms with van der Waals surface area (Å²) in [6.07, 6.45) is -1.89. The SMILES string of the molecule is C[C@@H]1CCC[C@H](C)N1C(=O)c1ccc(Br)cc1C(F)(F)F. The van der Waals surface area contributed by atoms with Gasteiger partial charge in [-0.2, -0.15) is 13.2 Å². The molecule has 0 radical (unpaired) electrons. The maximum atomic E-state index is 13.2. The van der Waals surface area contributed by atoms with Gasteiger partial charge in [0.05, 0.1) is 11.1 Å². The molecule has 6 heteroatoms. The number of likely N-dealkylation sites (tertiary alicyclic amines) is 1. The fourth-order valence-electron chi connectivity index (χ4n) is 2.90. The van der Waals surface area contributed by atoms with Crippen molar-refractivity contribution in [2.75, 3.05) is 0 Å². The zero-order valence-corrected chi connectivity index (χ0v) is 13.5. The van der Waals surface area contributed by atoms with Crippen LogP contribution in [0.15, 0.2) is 22.7 Å². The van der Waals surface area contributed by atoms with Crippen molar-refractivity contribution in [3.05, 3.63) is 33.8 Å². The predicted octanol–water partition coefficient (Wildman–Crippen LogP) is 4.87. The molecule has 2 nitrogen and oxygen atoms in total. The fraction of sp³-hybridized carbons (Fsp3) is 0.533. The van der Waals surface area contributed by atoms with E-state index in [2.05, 4.69) is 15.9 Å². The number of amides is 1. The molecule has 1 amide bonds. The monoisotopic (exact) mass is 363 g/mol. The summed E-state index contributed by atoms with van der Waals surface area (Å²) >= 11 is 3.03. The van der Waals surface area contributed by atoms with Gasteiger partial charge in [-0.15, -0.1) is 0 Å². The van der Waals surface area contributed by atoms with E-state index in [1.165, 1.54) is 12.1 Å². The Balaban J connectivity index is 2.43. The second-order valence-corrected chi connectivity index (χ2v) is 6.44. The van der Waals surface area contributed by atoms with Crippen LogP contribution in [-0.4, -0.2) is 22.9 Å². The van der Waals surface area contributed by atoms with Crippen molar-refractivity contribution in [1.29, 1.82) is 0 Å². The zero-order chi connectivity index (χ0) is 15.8. The van der Waals surface area contributed by atoms with E-state index in [0.29, 0.717) is 4.47 Å². The van der Waals surface area contributed by atoms with Crippen molar-refractivity contribution in [2.45, 2.75) is 51.4 Å². The minimum atomic E-state index is -4.54. The standard InChI is InChI=1S/C15H17BrF3NO/c1-9-4-3-5-10(2)20(9)14(21)12-7-6-11(16)8-13(12)15(17,18)19/h6-10H,3-5H2,1-2H3/t9-,10+. The molecule has 2 atom stereocenters. The first-order valence-electron chi connectivity index (χ1n) is 6.91. The average molecular weight is 364 g/mol. The summed E-state index contributed by atoms with van der Waals surface area (Å²) in [5.74, 6) is -0.533. The van der Waals surface area contributed by atoms with Crippen molar-refractivity contribution in [3.63, 3.8) is 0 Å². The van der Waals surface area contributed by atoms with Gasteiger partial charge in [0.25, 0.3) is 5.91 Å². The maximum absolute atomic E-state index is 13.2. The van der Waals surface area contributed by atoms with E-state index in [4.69, 9.17) is 0 Å². The van der Waals surface area contributed by atoms with Crippen molar-refractivity contribution in [3.8, 4) is 0 Å². The molecule has 0 aliphatic carbocycles. The lowest BCUT2D eigenvalue weighted by Gasteiger charge is -2.39. The molecule has 1 aromatic rings. The molecule has 0 spiro atoms. The number of nitrogens with zero attached hydrogens (tertiary/aromatic N) is 1. The third kappa shape index (κ3) is 3.42. The van der Waals surface area contributed by atoms with Gasteiger partial charge < -0.3 is 4.90 Å².